The zero-order chi connectivity index (χ0) is 9.68. The molecule has 0 aliphatic heterocycles. The van der Waals surface area contributed by atoms with Crippen LogP contribution in [0.4, 0.5) is 0 Å². The molecular formula is C9H10N3O+. The van der Waals surface area contributed by atoms with Gasteiger partial charge in [0.1, 0.15) is 20.2 Å². The molecule has 0 aliphatic rings. The van der Waals surface area contributed by atoms with Crippen molar-refractivity contribution in [1.29, 1.82) is 5.26 Å². The minimum absolute atomic E-state index is 0.277. The largest absolute Gasteiger partial charge is 0.398 e. The van der Waals surface area contributed by atoms with E-state index in [2.05, 4.69) is 9.99 Å². The molecule has 0 saturated carbocycles. The number of rotatable bonds is 2. The summed E-state index contributed by atoms with van der Waals surface area (Å²) < 4.78 is 1.85. The third-order valence-electron chi connectivity index (χ3n) is 1.50. The Hall–Kier alpha value is -1.89. The molecule has 0 unspecified atom stereocenters. The van der Waals surface area contributed by atoms with E-state index in [1.807, 2.05) is 29.9 Å². The van der Waals surface area contributed by atoms with E-state index >= 15 is 0 Å². The number of oxime groups is 1. The molecule has 66 valence electrons. The van der Waals surface area contributed by atoms with E-state index in [1.54, 1.807) is 12.3 Å². The maximum Gasteiger partial charge on any atom is 0.192 e. The quantitative estimate of drug-likeness (QED) is 0.371. The Kier molecular flexibility index (Phi) is 2.98. The molecule has 0 radical (unpaired) electrons. The van der Waals surface area contributed by atoms with Crippen molar-refractivity contribution in [2.75, 3.05) is 7.11 Å². The van der Waals surface area contributed by atoms with Crippen molar-refractivity contribution in [3.63, 3.8) is 0 Å². The van der Waals surface area contributed by atoms with Gasteiger partial charge in [-0.15, -0.1) is 0 Å². The van der Waals surface area contributed by atoms with Crippen molar-refractivity contribution >= 4 is 5.71 Å². The van der Waals surface area contributed by atoms with Gasteiger partial charge in [0.2, 0.25) is 0 Å². The second-order valence-corrected chi connectivity index (χ2v) is 2.49. The van der Waals surface area contributed by atoms with Crippen molar-refractivity contribution in [3.8, 4) is 6.07 Å². The fraction of sp³-hybridized carbons (Fsp3) is 0.222. The molecule has 0 bridgehead atoms. The zero-order valence-electron chi connectivity index (χ0n) is 7.56. The van der Waals surface area contributed by atoms with Gasteiger partial charge in [-0.3, -0.25) is 0 Å². The van der Waals surface area contributed by atoms with Gasteiger partial charge in [-0.05, 0) is 6.07 Å². The highest BCUT2D eigenvalue weighted by molar-refractivity contribution is 6.10. The van der Waals surface area contributed by atoms with Crippen LogP contribution >= 0.6 is 0 Å². The SMILES string of the molecule is CON=C(C#N)c1ccc[n+](C)c1. The molecule has 0 aliphatic carbocycles. The van der Waals surface area contributed by atoms with E-state index in [1.165, 1.54) is 7.11 Å². The number of hydrogen-bond acceptors (Lipinski definition) is 3. The third-order valence-corrected chi connectivity index (χ3v) is 1.50. The van der Waals surface area contributed by atoms with Crippen LogP contribution in [0.5, 0.6) is 0 Å². The summed E-state index contributed by atoms with van der Waals surface area (Å²) >= 11 is 0. The van der Waals surface area contributed by atoms with Crippen molar-refractivity contribution in [3.05, 3.63) is 30.1 Å². The molecule has 1 aromatic heterocycles. The number of nitriles is 1. The van der Waals surface area contributed by atoms with Crippen LogP contribution in [0.15, 0.2) is 29.7 Å². The van der Waals surface area contributed by atoms with Gasteiger partial charge in [0, 0.05) is 6.07 Å². The summed E-state index contributed by atoms with van der Waals surface area (Å²) in [5.74, 6) is 0. The van der Waals surface area contributed by atoms with Gasteiger partial charge in [-0.1, -0.05) is 5.16 Å². The van der Waals surface area contributed by atoms with Crippen LogP contribution < -0.4 is 4.57 Å². The van der Waals surface area contributed by atoms with Crippen molar-refractivity contribution in [2.24, 2.45) is 12.2 Å². The summed E-state index contributed by atoms with van der Waals surface area (Å²) in [6.07, 6.45) is 3.69. The maximum atomic E-state index is 8.73. The van der Waals surface area contributed by atoms with E-state index < -0.39 is 0 Å². The second kappa shape index (κ2) is 4.21. The molecular weight excluding hydrogens is 166 g/mol. The summed E-state index contributed by atoms with van der Waals surface area (Å²) in [6.45, 7) is 0. The summed E-state index contributed by atoms with van der Waals surface area (Å²) in [5.41, 5.74) is 1.02. The topological polar surface area (TPSA) is 49.3 Å². The van der Waals surface area contributed by atoms with Gasteiger partial charge >= 0.3 is 0 Å². The molecule has 1 aromatic rings. The van der Waals surface area contributed by atoms with Gasteiger partial charge in [-0.25, -0.2) is 4.57 Å². The maximum absolute atomic E-state index is 8.73. The standard InChI is InChI=1S/C9H10N3O/c1-12-5-3-4-8(7-12)9(6-10)11-13-2/h3-5,7H,1-2H3/q+1. The fourth-order valence-corrected chi connectivity index (χ4v) is 0.957. The minimum Gasteiger partial charge on any atom is -0.398 e. The van der Waals surface area contributed by atoms with Crippen LogP contribution in [0.1, 0.15) is 5.56 Å². The van der Waals surface area contributed by atoms with Gasteiger partial charge in [0.05, 0.1) is 5.56 Å². The molecule has 0 atom stereocenters. The average molecular weight is 176 g/mol. The Morgan fingerprint density at radius 2 is 2.46 bits per heavy atom. The predicted molar refractivity (Wildman–Crippen MR) is 46.8 cm³/mol. The highest BCUT2D eigenvalue weighted by Gasteiger charge is 2.06. The number of nitrogens with zero attached hydrogens (tertiary/aromatic N) is 3. The summed E-state index contributed by atoms with van der Waals surface area (Å²) in [6, 6.07) is 5.61. The predicted octanol–water partition coefficient (Wildman–Crippen LogP) is 0.385. The van der Waals surface area contributed by atoms with Gasteiger partial charge in [0.15, 0.2) is 18.1 Å². The Labute approximate surface area is 76.7 Å². The molecule has 0 fully saturated rings. The second-order valence-electron chi connectivity index (χ2n) is 2.49. The summed E-state index contributed by atoms with van der Waals surface area (Å²) in [7, 11) is 3.30. The fourth-order valence-electron chi connectivity index (χ4n) is 0.957. The lowest BCUT2D eigenvalue weighted by Gasteiger charge is -1.94. The molecule has 1 rings (SSSR count). The number of aromatic nitrogens is 1. The summed E-state index contributed by atoms with van der Waals surface area (Å²) in [5, 5.41) is 12.3. The highest BCUT2D eigenvalue weighted by Crippen LogP contribution is 1.97. The molecule has 4 nitrogen and oxygen atoms in total. The first-order chi connectivity index (χ1) is 6.27. The number of pyridine rings is 1. The van der Waals surface area contributed by atoms with E-state index in [-0.39, 0.29) is 5.71 Å². The molecule has 4 heteroatoms. The minimum atomic E-state index is 0.277. The van der Waals surface area contributed by atoms with Gasteiger partial charge < -0.3 is 4.84 Å². The number of aryl methyl sites for hydroxylation is 1. The van der Waals surface area contributed by atoms with Crippen LogP contribution in [-0.2, 0) is 11.9 Å². The van der Waals surface area contributed by atoms with Crippen LogP contribution in [0.3, 0.4) is 0 Å². The molecule has 0 saturated heterocycles. The lowest BCUT2D eigenvalue weighted by molar-refractivity contribution is -0.671. The van der Waals surface area contributed by atoms with Crippen molar-refractivity contribution < 1.29 is 9.40 Å². The Morgan fingerprint density at radius 3 is 3.00 bits per heavy atom. The molecule has 0 spiro atoms. The molecule has 0 N–H and O–H groups in total. The lowest BCUT2D eigenvalue weighted by Crippen LogP contribution is -2.27. The van der Waals surface area contributed by atoms with Crippen molar-refractivity contribution in [1.82, 2.24) is 0 Å². The molecule has 0 aromatic carbocycles. The highest BCUT2D eigenvalue weighted by atomic mass is 16.6. The van der Waals surface area contributed by atoms with Gasteiger partial charge in [0.25, 0.3) is 0 Å². The smallest absolute Gasteiger partial charge is 0.192 e. The lowest BCUT2D eigenvalue weighted by atomic mass is 10.2. The summed E-state index contributed by atoms with van der Waals surface area (Å²) in [4.78, 5) is 4.55. The van der Waals surface area contributed by atoms with E-state index in [9.17, 15) is 0 Å². The number of hydrogen-bond donors (Lipinski definition) is 0. The van der Waals surface area contributed by atoms with Crippen LogP contribution in [0.2, 0.25) is 0 Å². The molecule has 0 amide bonds. The first-order valence-electron chi connectivity index (χ1n) is 3.75. The van der Waals surface area contributed by atoms with Crippen LogP contribution in [-0.4, -0.2) is 12.8 Å². The van der Waals surface area contributed by atoms with Crippen molar-refractivity contribution in [2.45, 2.75) is 0 Å². The Bertz CT molecular complexity index is 365. The van der Waals surface area contributed by atoms with Crippen LogP contribution in [0, 0.1) is 11.3 Å². The Morgan fingerprint density at radius 1 is 1.69 bits per heavy atom. The first-order valence-corrected chi connectivity index (χ1v) is 3.75. The normalized spacial score (nSPS) is 10.7. The zero-order valence-corrected chi connectivity index (χ0v) is 7.56. The Balaban J connectivity index is 3.07. The third kappa shape index (κ3) is 2.27. The average Bonchev–Trinajstić information content (AvgIpc) is 2.14. The monoisotopic (exact) mass is 176 g/mol. The van der Waals surface area contributed by atoms with Gasteiger partial charge in [-0.2, -0.15) is 5.26 Å². The molecule has 1 heterocycles. The van der Waals surface area contributed by atoms with E-state index in [4.69, 9.17) is 5.26 Å². The molecule has 13 heavy (non-hydrogen) atoms. The van der Waals surface area contributed by atoms with Crippen LogP contribution in [0.25, 0.3) is 0 Å². The first kappa shape index (κ1) is 9.20. The van der Waals surface area contributed by atoms with E-state index in [0.717, 1.165) is 5.56 Å². The van der Waals surface area contributed by atoms with E-state index in [0.29, 0.717) is 0 Å².